The first-order chi connectivity index (χ1) is 11.7. The third kappa shape index (κ3) is 3.54. The van der Waals surface area contributed by atoms with Crippen LogP contribution in [0.15, 0.2) is 42.5 Å². The average molecular weight is 323 g/mol. The number of likely N-dealkylation sites (tertiary alicyclic amines) is 1. The van der Waals surface area contributed by atoms with Crippen molar-refractivity contribution in [2.24, 2.45) is 0 Å². The van der Waals surface area contributed by atoms with E-state index in [0.29, 0.717) is 25.2 Å². The molecule has 0 aromatic heterocycles. The lowest BCUT2D eigenvalue weighted by atomic mass is 10.1. The molecular formula is C19H18FN3O. The number of carbonyl (C=O) groups is 1. The van der Waals surface area contributed by atoms with Crippen molar-refractivity contribution in [1.82, 2.24) is 4.90 Å². The average Bonchev–Trinajstić information content (AvgIpc) is 2.99. The van der Waals surface area contributed by atoms with Crippen molar-refractivity contribution in [2.45, 2.75) is 25.9 Å². The monoisotopic (exact) mass is 323 g/mol. The Kier molecular flexibility index (Phi) is 4.76. The maximum absolute atomic E-state index is 13.6. The van der Waals surface area contributed by atoms with Crippen LogP contribution in [0.3, 0.4) is 0 Å². The van der Waals surface area contributed by atoms with E-state index in [-0.39, 0.29) is 11.5 Å². The summed E-state index contributed by atoms with van der Waals surface area (Å²) in [6.45, 7) is 1.98. The van der Waals surface area contributed by atoms with Crippen LogP contribution in [0.1, 0.15) is 29.5 Å². The standard InChI is InChI=1S/C19H18FN3O/c20-17-3-1-4-18(16(17)11-21)22-12-14-6-8-15(9-7-14)13-23-10-2-5-19(23)24/h1,3-4,6-9,22H,2,5,10,12-13H2. The summed E-state index contributed by atoms with van der Waals surface area (Å²) in [6, 6.07) is 14.4. The van der Waals surface area contributed by atoms with Gasteiger partial charge in [-0.3, -0.25) is 4.79 Å². The minimum absolute atomic E-state index is 0.0293. The van der Waals surface area contributed by atoms with Gasteiger partial charge in [0.25, 0.3) is 0 Å². The maximum Gasteiger partial charge on any atom is 0.222 e. The molecule has 1 heterocycles. The molecule has 0 radical (unpaired) electrons. The second-order valence-corrected chi connectivity index (χ2v) is 5.86. The van der Waals surface area contributed by atoms with Crippen molar-refractivity contribution in [3.8, 4) is 6.07 Å². The van der Waals surface area contributed by atoms with E-state index in [1.807, 2.05) is 35.2 Å². The van der Waals surface area contributed by atoms with Crippen molar-refractivity contribution in [3.63, 3.8) is 0 Å². The van der Waals surface area contributed by atoms with Crippen LogP contribution < -0.4 is 5.32 Å². The van der Waals surface area contributed by atoms with Crippen LogP contribution in [0.2, 0.25) is 0 Å². The van der Waals surface area contributed by atoms with Gasteiger partial charge in [-0.1, -0.05) is 30.3 Å². The summed E-state index contributed by atoms with van der Waals surface area (Å²) in [5.41, 5.74) is 2.64. The fourth-order valence-corrected chi connectivity index (χ4v) is 2.84. The van der Waals surface area contributed by atoms with Crippen LogP contribution >= 0.6 is 0 Å². The van der Waals surface area contributed by atoms with Crippen LogP contribution in [-0.4, -0.2) is 17.4 Å². The number of nitrogens with one attached hydrogen (secondary N) is 1. The van der Waals surface area contributed by atoms with Crippen molar-refractivity contribution < 1.29 is 9.18 Å². The topological polar surface area (TPSA) is 56.1 Å². The van der Waals surface area contributed by atoms with Crippen LogP contribution in [0.25, 0.3) is 0 Å². The largest absolute Gasteiger partial charge is 0.380 e. The molecule has 1 N–H and O–H groups in total. The lowest BCUT2D eigenvalue weighted by Gasteiger charge is -2.15. The number of carbonyl (C=O) groups excluding carboxylic acids is 1. The fourth-order valence-electron chi connectivity index (χ4n) is 2.84. The van der Waals surface area contributed by atoms with E-state index in [9.17, 15) is 9.18 Å². The maximum atomic E-state index is 13.6. The Morgan fingerprint density at radius 1 is 1.17 bits per heavy atom. The Balaban J connectivity index is 1.62. The van der Waals surface area contributed by atoms with Crippen LogP contribution in [0, 0.1) is 17.1 Å². The number of anilines is 1. The number of benzene rings is 2. The molecule has 4 nitrogen and oxygen atoms in total. The molecule has 1 saturated heterocycles. The number of amides is 1. The Labute approximate surface area is 140 Å². The highest BCUT2D eigenvalue weighted by molar-refractivity contribution is 5.78. The molecule has 2 aromatic carbocycles. The van der Waals surface area contributed by atoms with E-state index in [0.717, 1.165) is 24.1 Å². The first-order valence-electron chi connectivity index (χ1n) is 7.95. The summed E-state index contributed by atoms with van der Waals surface area (Å²) >= 11 is 0. The zero-order valence-electron chi connectivity index (χ0n) is 13.3. The van der Waals surface area contributed by atoms with E-state index < -0.39 is 5.82 Å². The van der Waals surface area contributed by atoms with Gasteiger partial charge < -0.3 is 10.2 Å². The summed E-state index contributed by atoms with van der Waals surface area (Å²) in [7, 11) is 0. The van der Waals surface area contributed by atoms with Gasteiger partial charge in [0.05, 0.1) is 5.69 Å². The van der Waals surface area contributed by atoms with Crippen molar-refractivity contribution in [1.29, 1.82) is 5.26 Å². The highest BCUT2D eigenvalue weighted by atomic mass is 19.1. The third-order valence-corrected chi connectivity index (χ3v) is 4.18. The van der Waals surface area contributed by atoms with E-state index in [2.05, 4.69) is 5.32 Å². The van der Waals surface area contributed by atoms with Crippen molar-refractivity contribution in [3.05, 3.63) is 65.0 Å². The van der Waals surface area contributed by atoms with Gasteiger partial charge in [-0.25, -0.2) is 4.39 Å². The summed E-state index contributed by atoms with van der Waals surface area (Å²) in [5.74, 6) is -0.302. The van der Waals surface area contributed by atoms with Crippen molar-refractivity contribution in [2.75, 3.05) is 11.9 Å². The SMILES string of the molecule is N#Cc1c(F)cccc1NCc1ccc(CN2CCCC2=O)cc1. The minimum Gasteiger partial charge on any atom is -0.380 e. The van der Waals surface area contributed by atoms with Crippen molar-refractivity contribution >= 4 is 11.6 Å². The lowest BCUT2D eigenvalue weighted by Crippen LogP contribution is -2.23. The predicted molar refractivity (Wildman–Crippen MR) is 89.5 cm³/mol. The summed E-state index contributed by atoms with van der Waals surface area (Å²) < 4.78 is 13.6. The van der Waals surface area contributed by atoms with E-state index in [1.165, 1.54) is 6.07 Å². The first-order valence-corrected chi connectivity index (χ1v) is 7.95. The zero-order chi connectivity index (χ0) is 16.9. The van der Waals surface area contributed by atoms with Crippen LogP contribution in [0.4, 0.5) is 10.1 Å². The van der Waals surface area contributed by atoms with E-state index in [1.54, 1.807) is 12.1 Å². The summed E-state index contributed by atoms with van der Waals surface area (Å²) in [5, 5.41) is 12.1. The molecule has 5 heteroatoms. The van der Waals surface area contributed by atoms with E-state index in [4.69, 9.17) is 5.26 Å². The number of nitrogens with zero attached hydrogens (tertiary/aromatic N) is 2. The van der Waals surface area contributed by atoms with Gasteiger partial charge >= 0.3 is 0 Å². The smallest absolute Gasteiger partial charge is 0.222 e. The predicted octanol–water partition coefficient (Wildman–Crippen LogP) is 3.43. The second kappa shape index (κ2) is 7.14. The molecule has 24 heavy (non-hydrogen) atoms. The van der Waals surface area contributed by atoms with Crippen LogP contribution in [-0.2, 0) is 17.9 Å². The normalized spacial score (nSPS) is 13.8. The Hall–Kier alpha value is -2.87. The van der Waals surface area contributed by atoms with Gasteiger partial charge in [0.2, 0.25) is 5.91 Å². The quantitative estimate of drug-likeness (QED) is 0.917. The van der Waals surface area contributed by atoms with Gasteiger partial charge in [-0.2, -0.15) is 5.26 Å². The molecule has 3 rings (SSSR count). The zero-order valence-corrected chi connectivity index (χ0v) is 13.3. The molecule has 1 amide bonds. The van der Waals surface area contributed by atoms with E-state index >= 15 is 0 Å². The number of hydrogen-bond acceptors (Lipinski definition) is 3. The van der Waals surface area contributed by atoms with Gasteiger partial charge in [-0.05, 0) is 29.7 Å². The molecule has 2 aromatic rings. The second-order valence-electron chi connectivity index (χ2n) is 5.86. The molecular weight excluding hydrogens is 305 g/mol. The summed E-state index contributed by atoms with van der Waals surface area (Å²) in [4.78, 5) is 13.5. The molecule has 1 aliphatic heterocycles. The molecule has 1 fully saturated rings. The molecule has 0 unspecified atom stereocenters. The first kappa shape index (κ1) is 16.0. The molecule has 0 spiro atoms. The summed E-state index contributed by atoms with van der Waals surface area (Å²) in [6.07, 6.45) is 1.59. The Morgan fingerprint density at radius 3 is 2.58 bits per heavy atom. The molecule has 0 bridgehead atoms. The lowest BCUT2D eigenvalue weighted by molar-refractivity contribution is -0.128. The van der Waals surface area contributed by atoms with Crippen LogP contribution in [0.5, 0.6) is 0 Å². The van der Waals surface area contributed by atoms with Gasteiger partial charge in [-0.15, -0.1) is 0 Å². The molecule has 0 atom stereocenters. The highest BCUT2D eigenvalue weighted by Crippen LogP contribution is 2.19. The molecule has 1 aliphatic rings. The minimum atomic E-state index is -0.520. The fraction of sp³-hybridized carbons (Fsp3) is 0.263. The molecule has 0 saturated carbocycles. The highest BCUT2D eigenvalue weighted by Gasteiger charge is 2.19. The number of halogens is 1. The number of nitriles is 1. The van der Waals surface area contributed by atoms with Gasteiger partial charge in [0.15, 0.2) is 0 Å². The Morgan fingerprint density at radius 2 is 1.92 bits per heavy atom. The van der Waals surface area contributed by atoms with Gasteiger partial charge in [0, 0.05) is 26.1 Å². The Bertz CT molecular complexity index is 780. The molecule has 122 valence electrons. The number of rotatable bonds is 5. The van der Waals surface area contributed by atoms with Gasteiger partial charge in [0.1, 0.15) is 17.4 Å². The third-order valence-electron chi connectivity index (χ3n) is 4.18. The molecule has 0 aliphatic carbocycles. The number of hydrogen-bond donors (Lipinski definition) is 1.